The lowest BCUT2D eigenvalue weighted by Gasteiger charge is -2.15. The van der Waals surface area contributed by atoms with Gasteiger partial charge in [-0.1, -0.05) is 42.0 Å². The summed E-state index contributed by atoms with van der Waals surface area (Å²) >= 11 is 0. The third-order valence-electron chi connectivity index (χ3n) is 4.56. The molecule has 0 atom stereocenters. The molecule has 1 aliphatic rings. The van der Waals surface area contributed by atoms with E-state index in [0.717, 1.165) is 24.0 Å². The molecule has 5 nitrogen and oxygen atoms in total. The van der Waals surface area contributed by atoms with Gasteiger partial charge in [0.15, 0.2) is 0 Å². The molecule has 2 aromatic carbocycles. The van der Waals surface area contributed by atoms with Crippen molar-refractivity contribution < 1.29 is 13.2 Å². The Morgan fingerprint density at radius 1 is 1.04 bits per heavy atom. The molecule has 1 N–H and O–H groups in total. The molecular weight excluding hydrogens is 348 g/mol. The van der Waals surface area contributed by atoms with E-state index in [2.05, 4.69) is 5.32 Å². The summed E-state index contributed by atoms with van der Waals surface area (Å²) in [5.74, 6) is -0.182. The van der Waals surface area contributed by atoms with E-state index >= 15 is 0 Å². The molecule has 1 heterocycles. The SMILES string of the molecule is Cc1cccc(CNC(=O)c2ccc(CS(=O)(=O)N3CCCC3)cc2)c1. The molecule has 0 radical (unpaired) electrons. The standard InChI is InChI=1S/C20H24N2O3S/c1-16-5-4-6-18(13-16)14-21-20(23)19-9-7-17(8-10-19)15-26(24,25)22-11-2-3-12-22/h4-10,13H,2-3,11-12,14-15H2,1H3,(H,21,23). The van der Waals surface area contributed by atoms with Gasteiger partial charge in [0.2, 0.25) is 10.0 Å². The zero-order valence-electron chi connectivity index (χ0n) is 14.9. The lowest BCUT2D eigenvalue weighted by atomic mass is 10.1. The van der Waals surface area contributed by atoms with Crippen LogP contribution in [0.3, 0.4) is 0 Å². The van der Waals surface area contributed by atoms with Gasteiger partial charge in [-0.3, -0.25) is 4.79 Å². The van der Waals surface area contributed by atoms with E-state index in [1.807, 2.05) is 31.2 Å². The van der Waals surface area contributed by atoms with E-state index < -0.39 is 10.0 Å². The number of aryl methyl sites for hydroxylation is 1. The topological polar surface area (TPSA) is 66.5 Å². The number of nitrogens with zero attached hydrogens (tertiary/aromatic N) is 1. The number of sulfonamides is 1. The summed E-state index contributed by atoms with van der Waals surface area (Å²) in [5, 5.41) is 2.89. The number of hydrogen-bond donors (Lipinski definition) is 1. The summed E-state index contributed by atoms with van der Waals surface area (Å²) in [5.41, 5.74) is 3.43. The largest absolute Gasteiger partial charge is 0.348 e. The normalized spacial score (nSPS) is 15.1. The van der Waals surface area contributed by atoms with E-state index in [1.165, 1.54) is 0 Å². The number of amides is 1. The minimum Gasteiger partial charge on any atom is -0.348 e. The second-order valence-corrected chi connectivity index (χ2v) is 8.70. The van der Waals surface area contributed by atoms with Crippen molar-refractivity contribution in [2.24, 2.45) is 0 Å². The molecular formula is C20H24N2O3S. The monoisotopic (exact) mass is 372 g/mol. The van der Waals surface area contributed by atoms with Crippen molar-refractivity contribution in [1.82, 2.24) is 9.62 Å². The summed E-state index contributed by atoms with van der Waals surface area (Å²) in [7, 11) is -3.26. The molecule has 0 unspecified atom stereocenters. The van der Waals surface area contributed by atoms with Crippen molar-refractivity contribution in [2.75, 3.05) is 13.1 Å². The molecule has 138 valence electrons. The van der Waals surface area contributed by atoms with E-state index in [1.54, 1.807) is 28.6 Å². The maximum atomic E-state index is 12.4. The quantitative estimate of drug-likeness (QED) is 0.848. The Kier molecular flexibility index (Phi) is 5.74. The van der Waals surface area contributed by atoms with Crippen LogP contribution in [0.4, 0.5) is 0 Å². The minimum atomic E-state index is -3.26. The minimum absolute atomic E-state index is 0.0157. The summed E-state index contributed by atoms with van der Waals surface area (Å²) in [6.45, 7) is 3.70. The third kappa shape index (κ3) is 4.71. The van der Waals surface area contributed by atoms with E-state index in [4.69, 9.17) is 0 Å². The van der Waals surface area contributed by atoms with E-state index in [0.29, 0.717) is 30.8 Å². The Morgan fingerprint density at radius 3 is 2.38 bits per heavy atom. The van der Waals surface area contributed by atoms with Crippen LogP contribution in [-0.2, 0) is 22.3 Å². The van der Waals surface area contributed by atoms with Gasteiger partial charge >= 0.3 is 0 Å². The maximum absolute atomic E-state index is 12.4. The first-order chi connectivity index (χ1) is 12.4. The summed E-state index contributed by atoms with van der Waals surface area (Å²) in [6.07, 6.45) is 1.86. The van der Waals surface area contributed by atoms with Crippen LogP contribution in [0.1, 0.15) is 39.9 Å². The van der Waals surface area contributed by atoms with Crippen LogP contribution >= 0.6 is 0 Å². The highest BCUT2D eigenvalue weighted by Gasteiger charge is 2.25. The summed E-state index contributed by atoms with van der Waals surface area (Å²) in [6, 6.07) is 14.8. The second-order valence-electron chi connectivity index (χ2n) is 6.73. The van der Waals surface area contributed by atoms with Crippen LogP contribution in [0.5, 0.6) is 0 Å². The molecule has 0 aromatic heterocycles. The van der Waals surface area contributed by atoms with Crippen LogP contribution in [0, 0.1) is 6.92 Å². The van der Waals surface area contributed by atoms with Crippen LogP contribution in [-0.4, -0.2) is 31.7 Å². The van der Waals surface area contributed by atoms with Gasteiger partial charge in [0.05, 0.1) is 5.75 Å². The number of hydrogen-bond acceptors (Lipinski definition) is 3. The summed E-state index contributed by atoms with van der Waals surface area (Å²) < 4.78 is 26.3. The number of benzene rings is 2. The second kappa shape index (κ2) is 8.01. The molecule has 1 aliphatic heterocycles. The number of rotatable bonds is 6. The lowest BCUT2D eigenvalue weighted by Crippen LogP contribution is -2.29. The van der Waals surface area contributed by atoms with Crippen LogP contribution in [0.2, 0.25) is 0 Å². The van der Waals surface area contributed by atoms with Gasteiger partial charge in [-0.2, -0.15) is 0 Å². The van der Waals surface area contributed by atoms with Crippen molar-refractivity contribution >= 4 is 15.9 Å². The molecule has 1 fully saturated rings. The molecule has 1 saturated heterocycles. The Labute approximate surface area is 155 Å². The highest BCUT2D eigenvalue weighted by Crippen LogP contribution is 2.17. The van der Waals surface area contributed by atoms with Crippen LogP contribution < -0.4 is 5.32 Å². The molecule has 6 heteroatoms. The van der Waals surface area contributed by atoms with Crippen molar-refractivity contribution in [3.05, 3.63) is 70.8 Å². The Hall–Kier alpha value is -2.18. The fourth-order valence-corrected chi connectivity index (χ4v) is 4.74. The fraction of sp³-hybridized carbons (Fsp3) is 0.350. The first kappa shape index (κ1) is 18.6. The predicted molar refractivity (Wildman–Crippen MR) is 102 cm³/mol. The van der Waals surface area contributed by atoms with Gasteiger partial charge in [-0.25, -0.2) is 12.7 Å². The molecule has 0 spiro atoms. The van der Waals surface area contributed by atoms with Gasteiger partial charge in [0.1, 0.15) is 0 Å². The zero-order valence-corrected chi connectivity index (χ0v) is 15.8. The smallest absolute Gasteiger partial charge is 0.251 e. The fourth-order valence-electron chi connectivity index (χ4n) is 3.13. The van der Waals surface area contributed by atoms with E-state index in [-0.39, 0.29) is 11.7 Å². The number of carbonyl (C=O) groups is 1. The Morgan fingerprint density at radius 2 is 1.73 bits per heavy atom. The molecule has 1 amide bonds. The zero-order chi connectivity index (χ0) is 18.6. The molecule has 0 bridgehead atoms. The average Bonchev–Trinajstić information content (AvgIpc) is 3.16. The number of nitrogens with one attached hydrogen (secondary N) is 1. The van der Waals surface area contributed by atoms with Crippen LogP contribution in [0.15, 0.2) is 48.5 Å². The van der Waals surface area contributed by atoms with Crippen LogP contribution in [0.25, 0.3) is 0 Å². The highest BCUT2D eigenvalue weighted by molar-refractivity contribution is 7.88. The molecule has 3 rings (SSSR count). The molecule has 0 saturated carbocycles. The van der Waals surface area contributed by atoms with Crippen molar-refractivity contribution in [3.8, 4) is 0 Å². The predicted octanol–water partition coefficient (Wildman–Crippen LogP) is 2.85. The first-order valence-electron chi connectivity index (χ1n) is 8.84. The van der Waals surface area contributed by atoms with Crippen molar-refractivity contribution in [3.63, 3.8) is 0 Å². The first-order valence-corrected chi connectivity index (χ1v) is 10.5. The van der Waals surface area contributed by atoms with Crippen molar-refractivity contribution in [1.29, 1.82) is 0 Å². The molecule has 2 aromatic rings. The Bertz CT molecular complexity index is 870. The van der Waals surface area contributed by atoms with Gasteiger partial charge < -0.3 is 5.32 Å². The molecule has 26 heavy (non-hydrogen) atoms. The lowest BCUT2D eigenvalue weighted by molar-refractivity contribution is 0.0951. The van der Waals surface area contributed by atoms with Crippen molar-refractivity contribution in [2.45, 2.75) is 32.1 Å². The van der Waals surface area contributed by atoms with Gasteiger partial charge in [0.25, 0.3) is 5.91 Å². The maximum Gasteiger partial charge on any atom is 0.251 e. The van der Waals surface area contributed by atoms with Gasteiger partial charge in [-0.15, -0.1) is 0 Å². The Balaban J connectivity index is 1.59. The highest BCUT2D eigenvalue weighted by atomic mass is 32.2. The molecule has 0 aliphatic carbocycles. The van der Waals surface area contributed by atoms with Gasteiger partial charge in [0, 0.05) is 25.2 Å². The third-order valence-corrected chi connectivity index (χ3v) is 6.41. The average molecular weight is 372 g/mol. The van der Waals surface area contributed by atoms with E-state index in [9.17, 15) is 13.2 Å². The number of carbonyl (C=O) groups excluding carboxylic acids is 1. The summed E-state index contributed by atoms with van der Waals surface area (Å²) in [4.78, 5) is 12.3. The van der Waals surface area contributed by atoms with Gasteiger partial charge in [-0.05, 0) is 43.0 Å².